The molecule has 0 saturated carbocycles. The Balaban J connectivity index is 2.86. The molecule has 0 N–H and O–H groups in total. The standard InChI is InChI=1S/C15H21FO2/c1-5-6-10(2)9-18-15-7-11(3)14(16)8-13(15)12(4)17/h7-8,10H,5-6,9H2,1-4H3. The summed E-state index contributed by atoms with van der Waals surface area (Å²) in [5.74, 6) is 0.380. The molecule has 100 valence electrons. The fourth-order valence-electron chi connectivity index (χ4n) is 1.86. The van der Waals surface area contributed by atoms with Gasteiger partial charge in [-0.1, -0.05) is 20.3 Å². The van der Waals surface area contributed by atoms with Crippen LogP contribution in [0, 0.1) is 18.7 Å². The Kier molecular flexibility index (Phi) is 5.32. The van der Waals surface area contributed by atoms with Crippen LogP contribution in [0.25, 0.3) is 0 Å². The average Bonchev–Trinajstić information content (AvgIpc) is 2.30. The van der Waals surface area contributed by atoms with Crippen LogP contribution in [0.3, 0.4) is 0 Å². The molecule has 0 fully saturated rings. The van der Waals surface area contributed by atoms with E-state index in [-0.39, 0.29) is 11.6 Å². The van der Waals surface area contributed by atoms with Crippen molar-refractivity contribution < 1.29 is 13.9 Å². The number of carbonyl (C=O) groups excluding carboxylic acids is 1. The molecule has 1 aromatic rings. The molecule has 0 heterocycles. The van der Waals surface area contributed by atoms with E-state index in [1.807, 2.05) is 0 Å². The highest BCUT2D eigenvalue weighted by molar-refractivity contribution is 5.96. The molecule has 2 nitrogen and oxygen atoms in total. The van der Waals surface area contributed by atoms with Gasteiger partial charge in [0.25, 0.3) is 0 Å². The molecule has 1 atom stereocenters. The van der Waals surface area contributed by atoms with Crippen molar-refractivity contribution in [2.45, 2.75) is 40.5 Å². The fourth-order valence-corrected chi connectivity index (χ4v) is 1.86. The van der Waals surface area contributed by atoms with Gasteiger partial charge in [0.15, 0.2) is 5.78 Å². The Hall–Kier alpha value is -1.38. The van der Waals surface area contributed by atoms with Crippen LogP contribution < -0.4 is 4.74 Å². The molecule has 0 amide bonds. The summed E-state index contributed by atoms with van der Waals surface area (Å²) in [6.07, 6.45) is 2.18. The van der Waals surface area contributed by atoms with Gasteiger partial charge in [0.2, 0.25) is 0 Å². The summed E-state index contributed by atoms with van der Waals surface area (Å²) in [4.78, 5) is 11.5. The van der Waals surface area contributed by atoms with Crippen molar-refractivity contribution in [1.82, 2.24) is 0 Å². The summed E-state index contributed by atoms with van der Waals surface area (Å²) in [6.45, 7) is 7.88. The Labute approximate surface area is 108 Å². The van der Waals surface area contributed by atoms with Gasteiger partial charge in [-0.3, -0.25) is 4.79 Å². The van der Waals surface area contributed by atoms with Crippen LogP contribution in [0.1, 0.15) is 49.5 Å². The third kappa shape index (κ3) is 3.83. The smallest absolute Gasteiger partial charge is 0.163 e. The number of hydrogen-bond donors (Lipinski definition) is 0. The van der Waals surface area contributed by atoms with Gasteiger partial charge >= 0.3 is 0 Å². The molecule has 3 heteroatoms. The molecule has 0 aromatic heterocycles. The first-order chi connectivity index (χ1) is 8.45. The number of benzene rings is 1. The van der Waals surface area contributed by atoms with Crippen molar-refractivity contribution in [3.05, 3.63) is 29.1 Å². The van der Waals surface area contributed by atoms with E-state index in [1.165, 1.54) is 13.0 Å². The van der Waals surface area contributed by atoms with E-state index in [0.717, 1.165) is 12.8 Å². The van der Waals surface area contributed by atoms with Crippen LogP contribution in [-0.2, 0) is 0 Å². The largest absolute Gasteiger partial charge is 0.493 e. The van der Waals surface area contributed by atoms with E-state index < -0.39 is 0 Å². The summed E-state index contributed by atoms with van der Waals surface area (Å²) in [5.41, 5.74) is 0.819. The number of Topliss-reactive ketones (excluding diaryl/α,β-unsaturated/α-hetero) is 1. The van der Waals surface area contributed by atoms with Crippen LogP contribution in [0.5, 0.6) is 5.75 Å². The lowest BCUT2D eigenvalue weighted by Gasteiger charge is -2.15. The predicted octanol–water partition coefficient (Wildman–Crippen LogP) is 4.15. The predicted molar refractivity (Wildman–Crippen MR) is 70.7 cm³/mol. The number of ether oxygens (including phenoxy) is 1. The first kappa shape index (κ1) is 14.7. The first-order valence-corrected chi connectivity index (χ1v) is 6.39. The second-order valence-corrected chi connectivity index (χ2v) is 4.86. The Morgan fingerprint density at radius 2 is 2.11 bits per heavy atom. The highest BCUT2D eigenvalue weighted by Gasteiger charge is 2.13. The molecule has 0 aliphatic heterocycles. The van der Waals surface area contributed by atoms with E-state index in [1.54, 1.807) is 13.0 Å². The number of halogens is 1. The molecule has 1 aromatic carbocycles. The van der Waals surface area contributed by atoms with Crippen molar-refractivity contribution in [2.75, 3.05) is 6.61 Å². The molecule has 18 heavy (non-hydrogen) atoms. The Bertz CT molecular complexity index is 427. The van der Waals surface area contributed by atoms with Crippen molar-refractivity contribution >= 4 is 5.78 Å². The van der Waals surface area contributed by atoms with Gasteiger partial charge in [0, 0.05) is 0 Å². The van der Waals surface area contributed by atoms with Gasteiger partial charge in [-0.05, 0) is 43.9 Å². The topological polar surface area (TPSA) is 26.3 Å². The van der Waals surface area contributed by atoms with Gasteiger partial charge in [0.05, 0.1) is 12.2 Å². The minimum absolute atomic E-state index is 0.174. The SMILES string of the molecule is CCCC(C)COc1cc(C)c(F)cc1C(C)=O. The minimum atomic E-state index is -0.367. The van der Waals surface area contributed by atoms with Gasteiger partial charge < -0.3 is 4.74 Å². The number of aryl methyl sites for hydroxylation is 1. The summed E-state index contributed by atoms with van der Waals surface area (Å²) >= 11 is 0. The maximum absolute atomic E-state index is 13.4. The molecule has 1 unspecified atom stereocenters. The lowest BCUT2D eigenvalue weighted by atomic mass is 10.1. The van der Waals surface area contributed by atoms with E-state index in [4.69, 9.17) is 4.74 Å². The van der Waals surface area contributed by atoms with Crippen molar-refractivity contribution in [1.29, 1.82) is 0 Å². The number of ketones is 1. The fraction of sp³-hybridized carbons (Fsp3) is 0.533. The molecular formula is C15H21FO2. The molecule has 0 bridgehead atoms. The summed E-state index contributed by atoms with van der Waals surface area (Å²) in [6, 6.07) is 2.86. The van der Waals surface area contributed by atoms with Crippen LogP contribution >= 0.6 is 0 Å². The summed E-state index contributed by atoms with van der Waals surface area (Å²) in [5, 5.41) is 0. The average molecular weight is 252 g/mol. The maximum Gasteiger partial charge on any atom is 0.163 e. The maximum atomic E-state index is 13.4. The van der Waals surface area contributed by atoms with Gasteiger partial charge in [-0.15, -0.1) is 0 Å². The zero-order valence-electron chi connectivity index (χ0n) is 11.5. The zero-order chi connectivity index (χ0) is 13.7. The van der Waals surface area contributed by atoms with Crippen LogP contribution in [0.15, 0.2) is 12.1 Å². The van der Waals surface area contributed by atoms with Crippen molar-refractivity contribution in [3.63, 3.8) is 0 Å². The third-order valence-corrected chi connectivity index (χ3v) is 2.94. The van der Waals surface area contributed by atoms with Crippen LogP contribution in [0.4, 0.5) is 4.39 Å². The molecule has 1 rings (SSSR count). The van der Waals surface area contributed by atoms with Gasteiger partial charge in [-0.25, -0.2) is 4.39 Å². The van der Waals surface area contributed by atoms with Crippen LogP contribution in [-0.4, -0.2) is 12.4 Å². The quantitative estimate of drug-likeness (QED) is 0.711. The van der Waals surface area contributed by atoms with Gasteiger partial charge in [-0.2, -0.15) is 0 Å². The zero-order valence-corrected chi connectivity index (χ0v) is 11.5. The number of hydrogen-bond acceptors (Lipinski definition) is 2. The normalized spacial score (nSPS) is 12.3. The van der Waals surface area contributed by atoms with Gasteiger partial charge in [0.1, 0.15) is 11.6 Å². The van der Waals surface area contributed by atoms with E-state index in [0.29, 0.717) is 29.4 Å². The van der Waals surface area contributed by atoms with Crippen LogP contribution in [0.2, 0.25) is 0 Å². The monoisotopic (exact) mass is 252 g/mol. The van der Waals surface area contributed by atoms with Crippen molar-refractivity contribution in [2.24, 2.45) is 5.92 Å². The highest BCUT2D eigenvalue weighted by Crippen LogP contribution is 2.24. The second-order valence-electron chi connectivity index (χ2n) is 4.86. The Morgan fingerprint density at radius 3 is 2.67 bits per heavy atom. The molecule has 0 spiro atoms. The second kappa shape index (κ2) is 6.53. The molecule has 0 saturated heterocycles. The minimum Gasteiger partial charge on any atom is -0.493 e. The van der Waals surface area contributed by atoms with E-state index >= 15 is 0 Å². The Morgan fingerprint density at radius 1 is 1.44 bits per heavy atom. The van der Waals surface area contributed by atoms with Crippen molar-refractivity contribution in [3.8, 4) is 5.75 Å². The highest BCUT2D eigenvalue weighted by atomic mass is 19.1. The lowest BCUT2D eigenvalue weighted by molar-refractivity contribution is 0.101. The molecule has 0 aliphatic rings. The summed E-state index contributed by atoms with van der Waals surface area (Å²) in [7, 11) is 0. The molecule has 0 radical (unpaired) electrons. The van der Waals surface area contributed by atoms with E-state index in [2.05, 4.69) is 13.8 Å². The number of carbonyl (C=O) groups is 1. The lowest BCUT2D eigenvalue weighted by Crippen LogP contribution is -2.11. The number of rotatable bonds is 6. The van der Waals surface area contributed by atoms with E-state index in [9.17, 15) is 9.18 Å². The summed E-state index contributed by atoms with van der Waals surface area (Å²) < 4.78 is 19.1. The first-order valence-electron chi connectivity index (χ1n) is 6.39. The molecular weight excluding hydrogens is 231 g/mol. The molecule has 0 aliphatic carbocycles. The third-order valence-electron chi connectivity index (χ3n) is 2.94.